The monoisotopic (exact) mass is 384 g/mol. The van der Waals surface area contributed by atoms with Gasteiger partial charge >= 0.3 is 6.18 Å². The predicted molar refractivity (Wildman–Crippen MR) is 86.7 cm³/mol. The molecule has 2 aromatic rings. The molecule has 0 atom stereocenters. The second-order valence-corrected chi connectivity index (χ2v) is 6.13. The van der Waals surface area contributed by atoms with Crippen molar-refractivity contribution in [3.8, 4) is 0 Å². The van der Waals surface area contributed by atoms with Crippen LogP contribution in [0.1, 0.15) is 18.4 Å². The Morgan fingerprint density at radius 3 is 1.96 bits per heavy atom. The molecule has 0 aromatic heterocycles. The number of anilines is 2. The standard InChI is InChI=1S/C18H13F5N2O2/c19-11-5-3-6-12(20)14(11)25-16(27)17(8-9-17)15(26)24-13-7-2-1-4-10(13)18(21,22)23/h1-7H,8-9H2,(H,24,26)(H,25,27). The van der Waals surface area contributed by atoms with E-state index in [1.165, 1.54) is 12.1 Å². The van der Waals surface area contributed by atoms with Crippen LogP contribution < -0.4 is 10.6 Å². The Morgan fingerprint density at radius 2 is 1.41 bits per heavy atom. The van der Waals surface area contributed by atoms with Gasteiger partial charge in [0, 0.05) is 0 Å². The molecule has 2 N–H and O–H groups in total. The fourth-order valence-corrected chi connectivity index (χ4v) is 2.61. The number of halogens is 5. The summed E-state index contributed by atoms with van der Waals surface area (Å²) < 4.78 is 66.4. The topological polar surface area (TPSA) is 58.2 Å². The first kappa shape index (κ1) is 18.8. The van der Waals surface area contributed by atoms with E-state index >= 15 is 0 Å². The van der Waals surface area contributed by atoms with E-state index in [1.54, 1.807) is 0 Å². The highest BCUT2D eigenvalue weighted by Crippen LogP contribution is 2.48. The van der Waals surface area contributed by atoms with Crippen molar-refractivity contribution in [1.82, 2.24) is 0 Å². The minimum atomic E-state index is -4.70. The summed E-state index contributed by atoms with van der Waals surface area (Å²) in [5, 5.41) is 4.13. The number of carbonyl (C=O) groups excluding carboxylic acids is 2. The zero-order valence-electron chi connectivity index (χ0n) is 13.7. The third-order valence-corrected chi connectivity index (χ3v) is 4.30. The van der Waals surface area contributed by atoms with E-state index < -0.39 is 52.0 Å². The fourth-order valence-electron chi connectivity index (χ4n) is 2.61. The number of rotatable bonds is 4. The van der Waals surface area contributed by atoms with Crippen LogP contribution in [0.15, 0.2) is 42.5 Å². The number of alkyl halides is 3. The molecule has 0 bridgehead atoms. The van der Waals surface area contributed by atoms with E-state index in [4.69, 9.17) is 0 Å². The van der Waals surface area contributed by atoms with Gasteiger partial charge in [0.2, 0.25) is 11.8 Å². The van der Waals surface area contributed by atoms with Crippen LogP contribution in [0.5, 0.6) is 0 Å². The van der Waals surface area contributed by atoms with Gasteiger partial charge in [-0.3, -0.25) is 9.59 Å². The molecular weight excluding hydrogens is 371 g/mol. The van der Waals surface area contributed by atoms with Crippen molar-refractivity contribution in [2.75, 3.05) is 10.6 Å². The third kappa shape index (κ3) is 3.62. The van der Waals surface area contributed by atoms with E-state index in [2.05, 4.69) is 5.32 Å². The van der Waals surface area contributed by atoms with E-state index in [0.29, 0.717) is 0 Å². The summed E-state index contributed by atoms with van der Waals surface area (Å²) in [7, 11) is 0. The summed E-state index contributed by atoms with van der Waals surface area (Å²) in [6, 6.07) is 7.29. The van der Waals surface area contributed by atoms with Crippen LogP contribution in [0.2, 0.25) is 0 Å². The molecule has 142 valence electrons. The predicted octanol–water partition coefficient (Wildman–Crippen LogP) is 4.34. The van der Waals surface area contributed by atoms with Crippen LogP contribution >= 0.6 is 0 Å². The van der Waals surface area contributed by atoms with Gasteiger partial charge in [0.15, 0.2) is 0 Å². The Balaban J connectivity index is 1.81. The maximum Gasteiger partial charge on any atom is 0.418 e. The average Bonchev–Trinajstić information content (AvgIpc) is 3.40. The van der Waals surface area contributed by atoms with Gasteiger partial charge in [-0.05, 0) is 37.1 Å². The lowest BCUT2D eigenvalue weighted by molar-refractivity contribution is -0.137. The molecule has 0 unspecified atom stereocenters. The van der Waals surface area contributed by atoms with E-state index in [9.17, 15) is 31.5 Å². The second kappa shape index (κ2) is 6.64. The number of hydrogen-bond donors (Lipinski definition) is 2. The summed E-state index contributed by atoms with van der Waals surface area (Å²) in [5.41, 5.74) is -3.94. The highest BCUT2D eigenvalue weighted by Gasteiger charge is 2.57. The lowest BCUT2D eigenvalue weighted by atomic mass is 10.0. The van der Waals surface area contributed by atoms with Crippen LogP contribution in [0, 0.1) is 17.0 Å². The number of hydrogen-bond acceptors (Lipinski definition) is 2. The molecule has 27 heavy (non-hydrogen) atoms. The lowest BCUT2D eigenvalue weighted by Crippen LogP contribution is -2.36. The molecule has 2 aromatic carbocycles. The molecule has 0 heterocycles. The fraction of sp³-hybridized carbons (Fsp3) is 0.222. The lowest BCUT2D eigenvalue weighted by Gasteiger charge is -2.18. The van der Waals surface area contributed by atoms with Crippen LogP contribution in [0.25, 0.3) is 0 Å². The SMILES string of the molecule is O=C(Nc1ccccc1C(F)(F)F)C1(C(=O)Nc2c(F)cccc2F)CC1. The molecule has 1 aliphatic rings. The molecule has 0 radical (unpaired) electrons. The van der Waals surface area contributed by atoms with Gasteiger partial charge in [0.25, 0.3) is 0 Å². The van der Waals surface area contributed by atoms with Crippen LogP contribution in [-0.4, -0.2) is 11.8 Å². The first-order valence-corrected chi connectivity index (χ1v) is 7.88. The number of amides is 2. The van der Waals surface area contributed by atoms with Crippen LogP contribution in [0.4, 0.5) is 33.3 Å². The van der Waals surface area contributed by atoms with Gasteiger partial charge in [-0.25, -0.2) is 8.78 Å². The van der Waals surface area contributed by atoms with Crippen molar-refractivity contribution in [2.24, 2.45) is 5.41 Å². The van der Waals surface area contributed by atoms with Gasteiger partial charge < -0.3 is 10.6 Å². The quantitative estimate of drug-likeness (QED) is 0.609. The van der Waals surface area contributed by atoms with Gasteiger partial charge in [-0.2, -0.15) is 13.2 Å². The summed E-state index contributed by atoms with van der Waals surface area (Å²) in [5.74, 6) is -3.99. The Kier molecular flexibility index (Phi) is 4.63. The van der Waals surface area contributed by atoms with Crippen molar-refractivity contribution < 1.29 is 31.5 Å². The van der Waals surface area contributed by atoms with Gasteiger partial charge in [-0.1, -0.05) is 18.2 Å². The van der Waals surface area contributed by atoms with Crippen molar-refractivity contribution >= 4 is 23.2 Å². The zero-order chi connectivity index (χ0) is 19.8. The van der Waals surface area contributed by atoms with E-state index in [-0.39, 0.29) is 12.8 Å². The Labute approximate surface area is 150 Å². The van der Waals surface area contributed by atoms with Crippen molar-refractivity contribution in [3.05, 3.63) is 59.7 Å². The third-order valence-electron chi connectivity index (χ3n) is 4.30. The minimum absolute atomic E-state index is 0.0505. The van der Waals surface area contributed by atoms with E-state index in [1.807, 2.05) is 5.32 Å². The maximum absolute atomic E-state index is 13.7. The number of benzene rings is 2. The highest BCUT2D eigenvalue weighted by atomic mass is 19.4. The molecule has 2 amide bonds. The summed E-state index contributed by atoms with van der Waals surface area (Å²) in [6.45, 7) is 0. The number of para-hydroxylation sites is 2. The second-order valence-electron chi connectivity index (χ2n) is 6.13. The molecule has 1 aliphatic carbocycles. The smallest absolute Gasteiger partial charge is 0.325 e. The first-order valence-electron chi connectivity index (χ1n) is 7.88. The average molecular weight is 384 g/mol. The molecule has 4 nitrogen and oxygen atoms in total. The molecule has 0 saturated heterocycles. The maximum atomic E-state index is 13.7. The van der Waals surface area contributed by atoms with Gasteiger partial charge in [0.05, 0.1) is 11.3 Å². The molecule has 9 heteroatoms. The summed E-state index contributed by atoms with van der Waals surface area (Å²) in [4.78, 5) is 24.8. The van der Waals surface area contributed by atoms with Crippen molar-refractivity contribution in [2.45, 2.75) is 19.0 Å². The van der Waals surface area contributed by atoms with Crippen molar-refractivity contribution in [3.63, 3.8) is 0 Å². The van der Waals surface area contributed by atoms with E-state index in [0.717, 1.165) is 30.3 Å². The normalized spacial score (nSPS) is 15.1. The Hall–Kier alpha value is -2.97. The van der Waals surface area contributed by atoms with Gasteiger partial charge in [0.1, 0.15) is 22.7 Å². The molecule has 0 spiro atoms. The van der Waals surface area contributed by atoms with Crippen molar-refractivity contribution in [1.29, 1.82) is 0 Å². The summed E-state index contributed by atoms with van der Waals surface area (Å²) in [6.07, 6.45) is -4.59. The molecule has 1 saturated carbocycles. The largest absolute Gasteiger partial charge is 0.418 e. The van der Waals surface area contributed by atoms with Crippen LogP contribution in [-0.2, 0) is 15.8 Å². The molecule has 0 aliphatic heterocycles. The van der Waals surface area contributed by atoms with Crippen LogP contribution in [0.3, 0.4) is 0 Å². The molecular formula is C18H13F5N2O2. The zero-order valence-corrected chi connectivity index (χ0v) is 13.7. The minimum Gasteiger partial charge on any atom is -0.325 e. The highest BCUT2D eigenvalue weighted by molar-refractivity contribution is 6.17. The molecule has 3 rings (SSSR count). The first-order chi connectivity index (χ1) is 12.6. The Morgan fingerprint density at radius 1 is 0.852 bits per heavy atom. The van der Waals surface area contributed by atoms with Gasteiger partial charge in [-0.15, -0.1) is 0 Å². The summed E-state index contributed by atoms with van der Waals surface area (Å²) >= 11 is 0. The number of carbonyl (C=O) groups is 2. The Bertz CT molecular complexity index is 887. The molecule has 1 fully saturated rings. The number of nitrogens with one attached hydrogen (secondary N) is 2.